The summed E-state index contributed by atoms with van der Waals surface area (Å²) >= 11 is 0.699. The highest BCUT2D eigenvalue weighted by Gasteiger charge is 2.18. The molecule has 0 aromatic heterocycles. The van der Waals surface area contributed by atoms with E-state index in [1.54, 1.807) is 18.2 Å². The van der Waals surface area contributed by atoms with Gasteiger partial charge in [0.25, 0.3) is 5.91 Å². The number of rotatable bonds is 8. The Morgan fingerprint density at radius 3 is 2.77 bits per heavy atom. The van der Waals surface area contributed by atoms with Gasteiger partial charge in [0.1, 0.15) is 6.04 Å². The Morgan fingerprint density at radius 1 is 1.50 bits per heavy atom. The van der Waals surface area contributed by atoms with Crippen LogP contribution in [0.4, 0.5) is 5.69 Å². The summed E-state index contributed by atoms with van der Waals surface area (Å²) < 4.78 is 3.33. The zero-order chi connectivity index (χ0) is 16.5. The monoisotopic (exact) mass is 325 g/mol. The zero-order valence-corrected chi connectivity index (χ0v) is 12.9. The summed E-state index contributed by atoms with van der Waals surface area (Å²) in [6.07, 6.45) is 5.48. The second-order valence-corrected chi connectivity index (χ2v) is 4.97. The predicted octanol–water partition coefficient (Wildman–Crippen LogP) is 1.58. The van der Waals surface area contributed by atoms with E-state index in [0.29, 0.717) is 17.8 Å². The van der Waals surface area contributed by atoms with Gasteiger partial charge in [0.15, 0.2) is 0 Å². The van der Waals surface area contributed by atoms with Crippen LogP contribution in [0.15, 0.2) is 30.9 Å². The fourth-order valence-electron chi connectivity index (χ4n) is 1.61. The minimum absolute atomic E-state index is 0.460. The number of allylic oxidation sites excluding steroid dienone is 1. The molecule has 0 saturated carbocycles. The minimum atomic E-state index is -1.06. The van der Waals surface area contributed by atoms with E-state index in [2.05, 4.69) is 11.3 Å². The van der Waals surface area contributed by atoms with Crippen LogP contribution < -0.4 is 14.7 Å². The largest absolute Gasteiger partial charge is 0.394 e. The third-order valence-electron chi connectivity index (χ3n) is 2.75. The molecule has 0 bridgehead atoms. The van der Waals surface area contributed by atoms with Gasteiger partial charge >= 0.3 is 0 Å². The summed E-state index contributed by atoms with van der Waals surface area (Å²) in [4.78, 5) is 11.2. The van der Waals surface area contributed by atoms with E-state index >= 15 is 0 Å². The first-order chi connectivity index (χ1) is 10.6. The number of aliphatic hydroxyl groups is 1. The first-order valence-corrected chi connectivity index (χ1v) is 7.20. The number of amides is 1. The maximum Gasteiger partial charge on any atom is 0.263 e. The molecule has 0 aliphatic carbocycles. The van der Waals surface area contributed by atoms with Gasteiger partial charge in [-0.1, -0.05) is 30.9 Å². The van der Waals surface area contributed by atoms with Crippen molar-refractivity contribution >= 4 is 35.9 Å². The predicted molar refractivity (Wildman–Crippen MR) is 87.0 cm³/mol. The minimum Gasteiger partial charge on any atom is -0.394 e. The number of nitrogens with one attached hydrogen (secondary N) is 2. The van der Waals surface area contributed by atoms with Gasteiger partial charge in [0.2, 0.25) is 0 Å². The third kappa shape index (κ3) is 4.86. The number of carbonyl (C=O) groups is 1. The van der Waals surface area contributed by atoms with Gasteiger partial charge in [-0.05, 0) is 30.2 Å². The van der Waals surface area contributed by atoms with Crippen LogP contribution in [0.5, 0.6) is 0 Å². The van der Waals surface area contributed by atoms with Crippen molar-refractivity contribution in [1.29, 1.82) is 0 Å². The van der Waals surface area contributed by atoms with Crippen molar-refractivity contribution in [1.82, 2.24) is 10.2 Å². The lowest BCUT2D eigenvalue weighted by atomic mass is 10.1. The quantitative estimate of drug-likeness (QED) is 0.281. The maximum atomic E-state index is 11.2. The fraction of sp³-hybridized carbons (Fsp3) is 0.214. The van der Waals surface area contributed by atoms with Crippen molar-refractivity contribution in [2.24, 2.45) is 0 Å². The third-order valence-corrected chi connectivity index (χ3v) is 3.52. The van der Waals surface area contributed by atoms with Crippen LogP contribution in [0.1, 0.15) is 18.1 Å². The van der Waals surface area contributed by atoms with E-state index in [-0.39, 0.29) is 0 Å². The smallest absolute Gasteiger partial charge is 0.263 e. The molecule has 1 aromatic rings. The highest BCUT2D eigenvalue weighted by molar-refractivity contribution is 7.98. The number of aliphatic hydroxyl groups excluding tert-OH is 1. The second kappa shape index (κ2) is 9.23. The van der Waals surface area contributed by atoms with Gasteiger partial charge in [0, 0.05) is 0 Å². The van der Waals surface area contributed by atoms with E-state index < -0.39 is 18.6 Å². The van der Waals surface area contributed by atoms with Gasteiger partial charge in [-0.15, -0.1) is 0 Å². The summed E-state index contributed by atoms with van der Waals surface area (Å²) in [7, 11) is 0. The average molecular weight is 325 g/mol. The van der Waals surface area contributed by atoms with Crippen LogP contribution >= 0.6 is 12.1 Å². The highest BCUT2D eigenvalue weighted by Crippen LogP contribution is 2.24. The first-order valence-electron chi connectivity index (χ1n) is 6.42. The summed E-state index contributed by atoms with van der Waals surface area (Å²) in [5, 5.41) is 27.5. The van der Waals surface area contributed by atoms with Crippen LogP contribution in [-0.4, -0.2) is 34.1 Å². The molecule has 0 aliphatic rings. The van der Waals surface area contributed by atoms with Crippen molar-refractivity contribution in [3.63, 3.8) is 0 Å². The van der Waals surface area contributed by atoms with E-state index in [4.69, 9.17) is 10.3 Å². The fourth-order valence-corrected chi connectivity index (χ4v) is 2.23. The Morgan fingerprint density at radius 2 is 2.23 bits per heavy atom. The van der Waals surface area contributed by atoms with Crippen molar-refractivity contribution in [2.45, 2.75) is 13.0 Å². The molecule has 1 unspecified atom stereocenters. The zero-order valence-electron chi connectivity index (χ0n) is 12.1. The Bertz CT molecular complexity index is 551. The lowest BCUT2D eigenvalue weighted by molar-refractivity contribution is -0.131. The Kier molecular flexibility index (Phi) is 7.64. The lowest BCUT2D eigenvalue weighted by Gasteiger charge is -2.19. The molecule has 5 N–H and O–H groups in total. The van der Waals surface area contributed by atoms with E-state index in [1.807, 2.05) is 25.1 Å². The number of benzene rings is 1. The number of carbonyl (C=O) groups excluding carboxylic acids is 1. The van der Waals surface area contributed by atoms with Gasteiger partial charge < -0.3 is 5.11 Å². The van der Waals surface area contributed by atoms with Gasteiger partial charge in [-0.3, -0.25) is 15.2 Å². The second-order valence-electron chi connectivity index (χ2n) is 4.21. The number of nitrogens with zero attached hydrogens (tertiary/aromatic N) is 1. The van der Waals surface area contributed by atoms with Crippen molar-refractivity contribution < 1.29 is 20.3 Å². The summed E-state index contributed by atoms with van der Waals surface area (Å²) in [6, 6.07) is 4.17. The van der Waals surface area contributed by atoms with E-state index in [1.165, 1.54) is 5.48 Å². The van der Waals surface area contributed by atoms with Crippen molar-refractivity contribution in [3.8, 4) is 0 Å². The summed E-state index contributed by atoms with van der Waals surface area (Å²) in [6.45, 7) is 5.09. The number of anilines is 1. The molecule has 0 fully saturated rings. The molecule has 0 aliphatic heterocycles. The Hall–Kier alpha value is -1.84. The summed E-state index contributed by atoms with van der Waals surface area (Å²) in [5.74, 6) is -0.807. The standard InChI is InChI=1S/C14H19N3O4S/c1-3-5-11-6-7-12(8-10(11)4-2)17(21)22-16-13(9-18)14(19)15-20/h3-8,13,16,18,20-21H,2,9H2,1H3,(H,15,19)/b5-3-. The van der Waals surface area contributed by atoms with Crippen LogP contribution in [0.2, 0.25) is 0 Å². The maximum absolute atomic E-state index is 11.2. The molecule has 0 radical (unpaired) electrons. The summed E-state index contributed by atoms with van der Waals surface area (Å²) in [5.41, 5.74) is 3.68. The van der Waals surface area contributed by atoms with Crippen molar-refractivity contribution in [2.75, 3.05) is 11.1 Å². The van der Waals surface area contributed by atoms with Crippen LogP contribution in [0, 0.1) is 0 Å². The molecular weight excluding hydrogens is 306 g/mol. The molecule has 1 rings (SSSR count). The molecule has 120 valence electrons. The molecule has 1 aromatic carbocycles. The number of hydrogen-bond acceptors (Lipinski definition) is 7. The Labute approximate surface area is 133 Å². The molecule has 1 amide bonds. The van der Waals surface area contributed by atoms with Crippen LogP contribution in [-0.2, 0) is 4.79 Å². The average Bonchev–Trinajstić information content (AvgIpc) is 2.55. The van der Waals surface area contributed by atoms with Gasteiger partial charge in [-0.25, -0.2) is 10.2 Å². The SMILES string of the molecule is C=Cc1cc(N(O)SNC(CO)C(=O)NO)ccc1/C=C\C. The molecule has 22 heavy (non-hydrogen) atoms. The molecule has 0 saturated heterocycles. The molecule has 7 nitrogen and oxygen atoms in total. The number of hydroxylamine groups is 1. The van der Waals surface area contributed by atoms with Gasteiger partial charge in [-0.2, -0.15) is 4.47 Å². The normalized spacial score (nSPS) is 12.2. The van der Waals surface area contributed by atoms with Crippen LogP contribution in [0.3, 0.4) is 0 Å². The van der Waals surface area contributed by atoms with E-state index in [9.17, 15) is 10.0 Å². The number of hydrogen-bond donors (Lipinski definition) is 5. The topological polar surface area (TPSA) is 105 Å². The van der Waals surface area contributed by atoms with Crippen LogP contribution in [0.25, 0.3) is 12.2 Å². The molecular formula is C14H19N3O4S. The highest BCUT2D eigenvalue weighted by atomic mass is 32.2. The van der Waals surface area contributed by atoms with Crippen molar-refractivity contribution in [3.05, 3.63) is 42.0 Å². The van der Waals surface area contributed by atoms with Gasteiger partial charge in [0.05, 0.1) is 24.4 Å². The first kappa shape index (κ1) is 18.2. The molecule has 0 heterocycles. The lowest BCUT2D eigenvalue weighted by Crippen LogP contribution is -2.43. The van der Waals surface area contributed by atoms with E-state index in [0.717, 1.165) is 15.6 Å². The molecule has 0 spiro atoms. The molecule has 8 heteroatoms. The molecule has 1 atom stereocenters. The Balaban J connectivity index is 2.79.